The Morgan fingerprint density at radius 2 is 1.91 bits per heavy atom. The molecule has 2 aromatic rings. The van der Waals surface area contributed by atoms with Crippen LogP contribution in [0.15, 0.2) is 24.4 Å². The monoisotopic (exact) mass is 305 g/mol. The van der Waals surface area contributed by atoms with E-state index in [0.717, 1.165) is 0 Å². The summed E-state index contributed by atoms with van der Waals surface area (Å²) in [6.07, 6.45) is 1.58. The first kappa shape index (κ1) is 14.7. The lowest BCUT2D eigenvalue weighted by Gasteiger charge is -2.28. The van der Waals surface area contributed by atoms with Crippen LogP contribution in [0.2, 0.25) is 0 Å². The van der Waals surface area contributed by atoms with E-state index in [1.165, 1.54) is 18.2 Å². The van der Waals surface area contributed by atoms with Gasteiger partial charge in [0, 0.05) is 23.5 Å². The van der Waals surface area contributed by atoms with Crippen molar-refractivity contribution in [3.63, 3.8) is 0 Å². The van der Waals surface area contributed by atoms with Crippen molar-refractivity contribution in [3.05, 3.63) is 47.2 Å². The van der Waals surface area contributed by atoms with Crippen LogP contribution in [0, 0.1) is 11.6 Å². The maximum atomic E-state index is 14.1. The summed E-state index contributed by atoms with van der Waals surface area (Å²) in [6, 6.07) is 3.73. The third kappa shape index (κ3) is 2.28. The molecular weight excluding hydrogens is 288 g/mol. The van der Waals surface area contributed by atoms with Crippen LogP contribution < -0.4 is 5.32 Å². The van der Waals surface area contributed by atoms with Crippen LogP contribution in [0.4, 0.5) is 14.6 Å². The number of halogens is 2. The number of hydrogen-bond donors (Lipinski definition) is 1. The van der Waals surface area contributed by atoms with Gasteiger partial charge in [-0.2, -0.15) is 5.10 Å². The van der Waals surface area contributed by atoms with Crippen LogP contribution in [0.25, 0.3) is 0 Å². The van der Waals surface area contributed by atoms with Crippen LogP contribution in [0.5, 0.6) is 0 Å². The largest absolute Gasteiger partial charge is 0.311 e. The maximum absolute atomic E-state index is 14.1. The number of fused-ring (bicyclic) bond motifs is 1. The van der Waals surface area contributed by atoms with Gasteiger partial charge >= 0.3 is 0 Å². The summed E-state index contributed by atoms with van der Waals surface area (Å²) >= 11 is 0. The van der Waals surface area contributed by atoms with E-state index >= 15 is 0 Å². The zero-order chi connectivity index (χ0) is 16.1. The Morgan fingerprint density at radius 3 is 2.50 bits per heavy atom. The molecular formula is C16H17F2N3O. The van der Waals surface area contributed by atoms with Gasteiger partial charge in [0.05, 0.1) is 11.7 Å². The molecule has 1 aromatic carbocycles. The molecule has 0 radical (unpaired) electrons. The second kappa shape index (κ2) is 4.90. The topological polar surface area (TPSA) is 46.9 Å². The lowest BCUT2D eigenvalue weighted by molar-refractivity contribution is -0.116. The van der Waals surface area contributed by atoms with Crippen LogP contribution in [0.3, 0.4) is 0 Å². The fraction of sp³-hybridized carbons (Fsp3) is 0.375. The first-order chi connectivity index (χ1) is 10.3. The molecule has 0 bridgehead atoms. The van der Waals surface area contributed by atoms with E-state index in [9.17, 15) is 13.6 Å². The normalized spacial score (nSPS) is 18.0. The van der Waals surface area contributed by atoms with E-state index in [4.69, 9.17) is 0 Å². The standard InChI is InChI=1S/C16H17F2N3O/c1-16(2,3)21-15-10(8-19-21)9(7-13(22)20-15)14-11(17)5-4-6-12(14)18/h4-6,8-9H,7H2,1-3H3,(H,20,22)/t9-/m0/s1. The predicted molar refractivity (Wildman–Crippen MR) is 78.7 cm³/mol. The Kier molecular flexibility index (Phi) is 3.27. The van der Waals surface area contributed by atoms with Gasteiger partial charge in [-0.3, -0.25) is 4.79 Å². The van der Waals surface area contributed by atoms with E-state index in [2.05, 4.69) is 10.4 Å². The number of benzene rings is 1. The molecule has 0 saturated carbocycles. The maximum Gasteiger partial charge on any atom is 0.226 e. The van der Waals surface area contributed by atoms with Gasteiger partial charge in [-0.05, 0) is 32.9 Å². The van der Waals surface area contributed by atoms with Crippen LogP contribution in [-0.2, 0) is 10.3 Å². The SMILES string of the molecule is CC(C)(C)n1ncc2c1NC(=O)C[C@@H]2c1c(F)cccc1F. The third-order valence-corrected chi connectivity index (χ3v) is 3.80. The number of amides is 1. The Bertz CT molecular complexity index is 726. The highest BCUT2D eigenvalue weighted by atomic mass is 19.1. The molecule has 1 N–H and O–H groups in total. The number of nitrogens with one attached hydrogen (secondary N) is 1. The van der Waals surface area contributed by atoms with E-state index in [1.54, 1.807) is 10.9 Å². The highest BCUT2D eigenvalue weighted by Crippen LogP contribution is 2.40. The zero-order valence-corrected chi connectivity index (χ0v) is 12.7. The fourth-order valence-corrected chi connectivity index (χ4v) is 2.83. The molecule has 0 fully saturated rings. The van der Waals surface area contributed by atoms with Gasteiger partial charge < -0.3 is 5.32 Å². The van der Waals surface area contributed by atoms with E-state index in [-0.39, 0.29) is 23.4 Å². The minimum atomic E-state index is -0.666. The molecule has 0 unspecified atom stereocenters. The average Bonchev–Trinajstić information content (AvgIpc) is 2.81. The molecule has 1 atom stereocenters. The minimum absolute atomic E-state index is 0.000684. The summed E-state index contributed by atoms with van der Waals surface area (Å²) in [5.41, 5.74) is 0.210. The molecule has 0 spiro atoms. The smallest absolute Gasteiger partial charge is 0.226 e. The van der Waals surface area contributed by atoms with Crippen molar-refractivity contribution >= 4 is 11.7 Å². The van der Waals surface area contributed by atoms with Gasteiger partial charge in [-0.15, -0.1) is 0 Å². The lowest BCUT2D eigenvalue weighted by atomic mass is 9.86. The fourth-order valence-electron chi connectivity index (χ4n) is 2.83. The third-order valence-electron chi connectivity index (χ3n) is 3.80. The van der Waals surface area contributed by atoms with Crippen LogP contribution in [-0.4, -0.2) is 15.7 Å². The number of anilines is 1. The van der Waals surface area contributed by atoms with Crippen molar-refractivity contribution in [3.8, 4) is 0 Å². The van der Waals surface area contributed by atoms with E-state index < -0.39 is 17.6 Å². The molecule has 0 saturated heterocycles. The van der Waals surface area contributed by atoms with Gasteiger partial charge in [0.1, 0.15) is 17.5 Å². The summed E-state index contributed by atoms with van der Waals surface area (Å²) in [4.78, 5) is 12.0. The van der Waals surface area contributed by atoms with Gasteiger partial charge in [0.25, 0.3) is 0 Å². The number of carbonyl (C=O) groups is 1. The molecule has 1 aromatic heterocycles. The molecule has 22 heavy (non-hydrogen) atoms. The van der Waals surface area contributed by atoms with Crippen molar-refractivity contribution in [2.75, 3.05) is 5.32 Å². The van der Waals surface area contributed by atoms with Crippen LogP contribution >= 0.6 is 0 Å². The average molecular weight is 305 g/mol. The summed E-state index contributed by atoms with van der Waals surface area (Å²) in [7, 11) is 0. The van der Waals surface area contributed by atoms with Crippen molar-refractivity contribution in [1.82, 2.24) is 9.78 Å². The number of carbonyl (C=O) groups excluding carboxylic acids is 1. The van der Waals surface area contributed by atoms with Gasteiger partial charge in [0.15, 0.2) is 0 Å². The summed E-state index contributed by atoms with van der Waals surface area (Å²) in [5.74, 6) is -1.72. The summed E-state index contributed by atoms with van der Waals surface area (Å²) in [5, 5.41) is 7.07. The van der Waals surface area contributed by atoms with Crippen molar-refractivity contribution < 1.29 is 13.6 Å². The number of nitrogens with zero attached hydrogens (tertiary/aromatic N) is 2. The van der Waals surface area contributed by atoms with Gasteiger partial charge in [0.2, 0.25) is 5.91 Å². The number of rotatable bonds is 1. The zero-order valence-electron chi connectivity index (χ0n) is 12.7. The second-order valence-electron chi connectivity index (χ2n) is 6.47. The first-order valence-electron chi connectivity index (χ1n) is 7.11. The molecule has 1 aliphatic heterocycles. The van der Waals surface area contributed by atoms with Gasteiger partial charge in [-0.1, -0.05) is 6.07 Å². The lowest BCUT2D eigenvalue weighted by Crippen LogP contribution is -2.30. The Morgan fingerprint density at radius 1 is 1.27 bits per heavy atom. The van der Waals surface area contributed by atoms with Crippen molar-refractivity contribution in [2.24, 2.45) is 0 Å². The molecule has 2 heterocycles. The number of hydrogen-bond acceptors (Lipinski definition) is 2. The second-order valence-corrected chi connectivity index (χ2v) is 6.47. The van der Waals surface area contributed by atoms with E-state index in [1.807, 2.05) is 20.8 Å². The molecule has 1 aliphatic rings. The molecule has 1 amide bonds. The summed E-state index contributed by atoms with van der Waals surface area (Å²) in [6.45, 7) is 5.83. The Labute approximate surface area is 127 Å². The first-order valence-corrected chi connectivity index (χ1v) is 7.11. The Hall–Kier alpha value is -2.24. The predicted octanol–water partition coefficient (Wildman–Crippen LogP) is 3.39. The molecule has 6 heteroatoms. The minimum Gasteiger partial charge on any atom is -0.311 e. The molecule has 3 rings (SSSR count). The van der Waals surface area contributed by atoms with Crippen molar-refractivity contribution in [1.29, 1.82) is 0 Å². The quantitative estimate of drug-likeness (QED) is 0.878. The molecule has 4 nitrogen and oxygen atoms in total. The van der Waals surface area contributed by atoms with E-state index in [0.29, 0.717) is 11.4 Å². The summed E-state index contributed by atoms with van der Waals surface area (Å²) < 4.78 is 29.9. The van der Waals surface area contributed by atoms with Gasteiger partial charge in [-0.25, -0.2) is 13.5 Å². The Balaban J connectivity index is 2.18. The van der Waals surface area contributed by atoms with Crippen molar-refractivity contribution in [2.45, 2.75) is 38.6 Å². The highest BCUT2D eigenvalue weighted by molar-refractivity contribution is 5.94. The van der Waals surface area contributed by atoms with Crippen LogP contribution in [0.1, 0.15) is 44.2 Å². The number of aromatic nitrogens is 2. The molecule has 116 valence electrons. The highest BCUT2D eigenvalue weighted by Gasteiger charge is 2.35. The molecule has 0 aliphatic carbocycles.